The average molecular weight is 285 g/mol. The smallest absolute Gasteiger partial charge is 0.314 e. The minimum absolute atomic E-state index is 0.155. The summed E-state index contributed by atoms with van der Waals surface area (Å²) in [4.78, 5) is 17.1. The minimum atomic E-state index is -0.155. The van der Waals surface area contributed by atoms with Gasteiger partial charge in [0.25, 0.3) is 0 Å². The van der Waals surface area contributed by atoms with Crippen LogP contribution in [-0.2, 0) is 12.8 Å². The van der Waals surface area contributed by atoms with Crippen molar-refractivity contribution in [1.82, 2.24) is 15.6 Å². The van der Waals surface area contributed by atoms with E-state index in [9.17, 15) is 4.79 Å². The van der Waals surface area contributed by atoms with Crippen molar-refractivity contribution in [3.63, 3.8) is 0 Å². The fraction of sp³-hybridized carbons (Fsp3) is 0.692. The molecule has 19 heavy (non-hydrogen) atoms. The van der Waals surface area contributed by atoms with Crippen LogP contribution in [0.4, 0.5) is 4.79 Å². The number of hydrogen-bond donors (Lipinski definition) is 3. The lowest BCUT2D eigenvalue weighted by molar-refractivity contribution is 0.234. The summed E-state index contributed by atoms with van der Waals surface area (Å²) in [6.07, 6.45) is 4.38. The van der Waals surface area contributed by atoms with Crippen LogP contribution in [0.25, 0.3) is 0 Å². The van der Waals surface area contributed by atoms with Gasteiger partial charge in [-0.2, -0.15) is 0 Å². The van der Waals surface area contributed by atoms with Crippen LogP contribution in [0.2, 0.25) is 0 Å². The summed E-state index contributed by atoms with van der Waals surface area (Å²) in [7, 11) is 0. The molecule has 0 aromatic carbocycles. The van der Waals surface area contributed by atoms with E-state index in [-0.39, 0.29) is 12.6 Å². The molecular formula is C13H23N3O2S. The van der Waals surface area contributed by atoms with E-state index < -0.39 is 0 Å². The highest BCUT2D eigenvalue weighted by Crippen LogP contribution is 2.13. The number of rotatable bonds is 8. The maximum absolute atomic E-state index is 11.5. The largest absolute Gasteiger partial charge is 0.396 e. The van der Waals surface area contributed by atoms with Crippen molar-refractivity contribution in [1.29, 1.82) is 0 Å². The molecule has 0 aliphatic carbocycles. The highest BCUT2D eigenvalue weighted by Gasteiger charge is 2.05. The van der Waals surface area contributed by atoms with Crippen LogP contribution in [0, 0.1) is 5.92 Å². The fourth-order valence-corrected chi connectivity index (χ4v) is 2.42. The Labute approximate surface area is 118 Å². The van der Waals surface area contributed by atoms with Crippen molar-refractivity contribution in [2.45, 2.75) is 33.1 Å². The summed E-state index contributed by atoms with van der Waals surface area (Å²) < 4.78 is 0. The molecule has 0 spiro atoms. The Hall–Kier alpha value is -1.14. The van der Waals surface area contributed by atoms with E-state index in [2.05, 4.69) is 22.5 Å². The predicted molar refractivity (Wildman–Crippen MR) is 77.5 cm³/mol. The van der Waals surface area contributed by atoms with Gasteiger partial charge >= 0.3 is 6.03 Å². The van der Waals surface area contributed by atoms with Crippen molar-refractivity contribution in [3.05, 3.63) is 16.1 Å². The standard InChI is InChI=1S/C13H23N3O2S/c1-3-11-9-15-12(19-11)4-6-14-13(18)16-8-10(2)5-7-17/h9-10,17H,3-8H2,1-2H3,(H2,14,16,18). The number of aryl methyl sites for hydroxylation is 1. The fourth-order valence-electron chi connectivity index (χ4n) is 1.56. The topological polar surface area (TPSA) is 74.2 Å². The molecule has 1 heterocycles. The van der Waals surface area contributed by atoms with E-state index in [1.54, 1.807) is 11.3 Å². The second-order valence-electron chi connectivity index (χ2n) is 4.58. The summed E-state index contributed by atoms with van der Waals surface area (Å²) in [6.45, 7) is 5.45. The SMILES string of the molecule is CCc1cnc(CCNC(=O)NCC(C)CCO)s1. The van der Waals surface area contributed by atoms with Gasteiger partial charge in [0.2, 0.25) is 0 Å². The van der Waals surface area contributed by atoms with Gasteiger partial charge in [0, 0.05) is 37.2 Å². The van der Waals surface area contributed by atoms with Gasteiger partial charge in [0.05, 0.1) is 5.01 Å². The molecule has 3 N–H and O–H groups in total. The molecule has 1 rings (SSSR count). The number of nitrogens with zero attached hydrogens (tertiary/aromatic N) is 1. The third kappa shape index (κ3) is 6.54. The third-order valence-corrected chi connectivity index (χ3v) is 4.01. The van der Waals surface area contributed by atoms with E-state index in [0.717, 1.165) is 17.8 Å². The summed E-state index contributed by atoms with van der Waals surface area (Å²) in [5, 5.41) is 15.4. The molecule has 1 atom stereocenters. The van der Waals surface area contributed by atoms with Crippen molar-refractivity contribution in [2.75, 3.05) is 19.7 Å². The molecule has 0 fully saturated rings. The predicted octanol–water partition coefficient (Wildman–Crippen LogP) is 1.57. The zero-order valence-corrected chi connectivity index (χ0v) is 12.4. The molecule has 0 saturated heterocycles. The number of carbonyl (C=O) groups is 1. The van der Waals surface area contributed by atoms with E-state index in [1.807, 2.05) is 13.1 Å². The number of nitrogens with one attached hydrogen (secondary N) is 2. The van der Waals surface area contributed by atoms with Crippen molar-refractivity contribution in [3.8, 4) is 0 Å². The van der Waals surface area contributed by atoms with Crippen molar-refractivity contribution in [2.24, 2.45) is 5.92 Å². The van der Waals surface area contributed by atoms with Crippen LogP contribution < -0.4 is 10.6 Å². The van der Waals surface area contributed by atoms with Gasteiger partial charge in [-0.1, -0.05) is 13.8 Å². The number of carbonyl (C=O) groups excluding carboxylic acids is 1. The van der Waals surface area contributed by atoms with Gasteiger partial charge in [-0.05, 0) is 18.8 Å². The first-order valence-corrected chi connectivity index (χ1v) is 7.53. The molecule has 0 aliphatic rings. The molecule has 108 valence electrons. The van der Waals surface area contributed by atoms with E-state index >= 15 is 0 Å². The molecule has 1 unspecified atom stereocenters. The lowest BCUT2D eigenvalue weighted by Gasteiger charge is -2.11. The molecular weight excluding hydrogens is 262 g/mol. The van der Waals surface area contributed by atoms with Crippen molar-refractivity contribution >= 4 is 17.4 Å². The Bertz CT molecular complexity index is 382. The van der Waals surface area contributed by atoms with Crippen LogP contribution in [0.1, 0.15) is 30.2 Å². The molecule has 5 nitrogen and oxygen atoms in total. The Balaban J connectivity index is 2.13. The molecule has 2 amide bonds. The zero-order chi connectivity index (χ0) is 14.1. The number of urea groups is 1. The minimum Gasteiger partial charge on any atom is -0.396 e. The molecule has 0 saturated carbocycles. The summed E-state index contributed by atoms with van der Waals surface area (Å²) in [5.41, 5.74) is 0. The summed E-state index contributed by atoms with van der Waals surface area (Å²) in [6, 6.07) is -0.155. The van der Waals surface area contributed by atoms with Crippen LogP contribution in [-0.4, -0.2) is 35.8 Å². The monoisotopic (exact) mass is 285 g/mol. The number of aliphatic hydroxyl groups excluding tert-OH is 1. The highest BCUT2D eigenvalue weighted by atomic mass is 32.1. The van der Waals surface area contributed by atoms with E-state index in [0.29, 0.717) is 25.4 Å². The number of hydrogen-bond acceptors (Lipinski definition) is 4. The Kier molecular flexibility index (Phi) is 7.43. The van der Waals surface area contributed by atoms with Gasteiger partial charge in [-0.25, -0.2) is 9.78 Å². The molecule has 0 radical (unpaired) electrons. The zero-order valence-electron chi connectivity index (χ0n) is 11.6. The lowest BCUT2D eigenvalue weighted by Crippen LogP contribution is -2.38. The molecule has 1 aromatic rings. The van der Waals surface area contributed by atoms with Gasteiger partial charge in [0.1, 0.15) is 0 Å². The van der Waals surface area contributed by atoms with Crippen LogP contribution >= 0.6 is 11.3 Å². The van der Waals surface area contributed by atoms with Crippen molar-refractivity contribution < 1.29 is 9.90 Å². The first kappa shape index (κ1) is 15.9. The maximum atomic E-state index is 11.5. The third-order valence-electron chi connectivity index (χ3n) is 2.81. The number of aliphatic hydroxyl groups is 1. The normalized spacial score (nSPS) is 12.2. The number of aromatic nitrogens is 1. The Morgan fingerprint density at radius 3 is 2.95 bits per heavy atom. The van der Waals surface area contributed by atoms with Gasteiger partial charge in [0.15, 0.2) is 0 Å². The Morgan fingerprint density at radius 1 is 1.53 bits per heavy atom. The second-order valence-corrected chi connectivity index (χ2v) is 5.78. The second kappa shape index (κ2) is 8.87. The average Bonchev–Trinajstić information content (AvgIpc) is 2.85. The van der Waals surface area contributed by atoms with E-state index in [4.69, 9.17) is 5.11 Å². The first-order chi connectivity index (χ1) is 9.15. The van der Waals surface area contributed by atoms with Crippen LogP contribution in [0.5, 0.6) is 0 Å². The number of thiazole rings is 1. The molecule has 0 bridgehead atoms. The number of amides is 2. The molecule has 1 aromatic heterocycles. The van der Waals surface area contributed by atoms with Crippen LogP contribution in [0.3, 0.4) is 0 Å². The molecule has 0 aliphatic heterocycles. The quantitative estimate of drug-likeness (QED) is 0.678. The summed E-state index contributed by atoms with van der Waals surface area (Å²) >= 11 is 1.70. The highest BCUT2D eigenvalue weighted by molar-refractivity contribution is 7.11. The lowest BCUT2D eigenvalue weighted by atomic mass is 10.1. The Morgan fingerprint density at radius 2 is 2.32 bits per heavy atom. The van der Waals surface area contributed by atoms with E-state index in [1.165, 1.54) is 4.88 Å². The summed E-state index contributed by atoms with van der Waals surface area (Å²) in [5.74, 6) is 0.293. The first-order valence-electron chi connectivity index (χ1n) is 6.71. The van der Waals surface area contributed by atoms with Gasteiger partial charge in [-0.3, -0.25) is 0 Å². The van der Waals surface area contributed by atoms with Gasteiger partial charge < -0.3 is 15.7 Å². The maximum Gasteiger partial charge on any atom is 0.314 e. The van der Waals surface area contributed by atoms with Gasteiger partial charge in [-0.15, -0.1) is 11.3 Å². The van der Waals surface area contributed by atoms with Crippen LogP contribution in [0.15, 0.2) is 6.20 Å². The molecule has 6 heteroatoms.